The van der Waals surface area contributed by atoms with Crippen molar-refractivity contribution in [1.82, 2.24) is 4.90 Å². The third-order valence-electron chi connectivity index (χ3n) is 3.78. The molecular weight excluding hydrogens is 380 g/mol. The molecule has 0 radical (unpaired) electrons. The zero-order chi connectivity index (χ0) is 17.0. The standard InChI is InChI=1S/C17H24BrClN2O2/c1-17(2,3)23-16(22)21-8-6-12(7-9-21)11-20-13-4-5-15(19)14(18)10-13/h4-5,10,12,20H,6-9,11H2,1-3H3. The van der Waals surface area contributed by atoms with Gasteiger partial charge in [-0.2, -0.15) is 0 Å². The number of carbonyl (C=O) groups is 1. The number of benzene rings is 1. The van der Waals surface area contributed by atoms with Gasteiger partial charge in [0.2, 0.25) is 0 Å². The Morgan fingerprint density at radius 3 is 2.61 bits per heavy atom. The lowest BCUT2D eigenvalue weighted by molar-refractivity contribution is 0.0188. The summed E-state index contributed by atoms with van der Waals surface area (Å²) >= 11 is 9.43. The predicted molar refractivity (Wildman–Crippen MR) is 98.2 cm³/mol. The summed E-state index contributed by atoms with van der Waals surface area (Å²) in [7, 11) is 0. The number of hydrogen-bond acceptors (Lipinski definition) is 3. The van der Waals surface area contributed by atoms with E-state index in [9.17, 15) is 4.79 Å². The minimum absolute atomic E-state index is 0.203. The molecular formula is C17H24BrClN2O2. The van der Waals surface area contributed by atoms with E-state index in [0.717, 1.165) is 42.6 Å². The Hall–Kier alpha value is -0.940. The first-order valence-corrected chi connectivity index (χ1v) is 9.08. The van der Waals surface area contributed by atoms with Crippen LogP contribution < -0.4 is 5.32 Å². The van der Waals surface area contributed by atoms with Crippen LogP contribution >= 0.6 is 27.5 Å². The maximum Gasteiger partial charge on any atom is 0.410 e. The summed E-state index contributed by atoms with van der Waals surface area (Å²) in [5.41, 5.74) is 0.619. The van der Waals surface area contributed by atoms with Gasteiger partial charge >= 0.3 is 6.09 Å². The average Bonchev–Trinajstić information content (AvgIpc) is 2.47. The van der Waals surface area contributed by atoms with Crippen molar-refractivity contribution >= 4 is 39.3 Å². The molecule has 2 rings (SSSR count). The molecule has 1 aromatic carbocycles. The molecule has 0 aromatic heterocycles. The zero-order valence-electron chi connectivity index (χ0n) is 13.9. The summed E-state index contributed by atoms with van der Waals surface area (Å²) in [6.07, 6.45) is 1.77. The Balaban J connectivity index is 1.76. The van der Waals surface area contributed by atoms with Crippen molar-refractivity contribution in [3.05, 3.63) is 27.7 Å². The van der Waals surface area contributed by atoms with Crippen molar-refractivity contribution in [2.24, 2.45) is 5.92 Å². The van der Waals surface area contributed by atoms with Crippen LogP contribution in [0.15, 0.2) is 22.7 Å². The molecule has 0 spiro atoms. The lowest BCUT2D eigenvalue weighted by Crippen LogP contribution is -2.42. The summed E-state index contributed by atoms with van der Waals surface area (Å²) in [6.45, 7) is 8.09. The molecule has 1 fully saturated rings. The monoisotopic (exact) mass is 402 g/mol. The van der Waals surface area contributed by atoms with Crippen LogP contribution in [0.3, 0.4) is 0 Å². The second kappa shape index (κ2) is 7.75. The summed E-state index contributed by atoms with van der Waals surface area (Å²) < 4.78 is 6.31. The van der Waals surface area contributed by atoms with Gasteiger partial charge in [-0.1, -0.05) is 11.6 Å². The van der Waals surface area contributed by atoms with Crippen molar-refractivity contribution in [2.45, 2.75) is 39.2 Å². The van der Waals surface area contributed by atoms with Crippen molar-refractivity contribution < 1.29 is 9.53 Å². The van der Waals surface area contributed by atoms with Crippen LogP contribution in [0, 0.1) is 5.92 Å². The van der Waals surface area contributed by atoms with E-state index in [1.165, 1.54) is 0 Å². The van der Waals surface area contributed by atoms with Gasteiger partial charge in [-0.3, -0.25) is 0 Å². The Kier molecular flexibility index (Phi) is 6.20. The number of amides is 1. The van der Waals surface area contributed by atoms with E-state index < -0.39 is 5.60 Å². The van der Waals surface area contributed by atoms with Gasteiger partial charge in [0.15, 0.2) is 0 Å². The number of anilines is 1. The minimum Gasteiger partial charge on any atom is -0.444 e. The van der Waals surface area contributed by atoms with Gasteiger partial charge in [-0.25, -0.2) is 4.79 Å². The second-order valence-corrected chi connectivity index (χ2v) is 8.18. The highest BCUT2D eigenvalue weighted by Gasteiger charge is 2.26. The summed E-state index contributed by atoms with van der Waals surface area (Å²) in [5, 5.41) is 4.15. The summed E-state index contributed by atoms with van der Waals surface area (Å²) in [5.74, 6) is 0.558. The molecule has 1 amide bonds. The lowest BCUT2D eigenvalue weighted by Gasteiger charge is -2.33. The summed E-state index contributed by atoms with van der Waals surface area (Å²) in [6, 6.07) is 5.83. The molecule has 1 aromatic rings. The number of nitrogens with zero attached hydrogens (tertiary/aromatic N) is 1. The van der Waals surface area contributed by atoms with Gasteiger partial charge in [-0.05, 0) is 73.7 Å². The topological polar surface area (TPSA) is 41.6 Å². The van der Waals surface area contributed by atoms with Crippen molar-refractivity contribution in [2.75, 3.05) is 25.0 Å². The van der Waals surface area contributed by atoms with E-state index >= 15 is 0 Å². The second-order valence-electron chi connectivity index (χ2n) is 6.92. The molecule has 1 heterocycles. The van der Waals surface area contributed by atoms with E-state index in [1.54, 1.807) is 4.90 Å². The van der Waals surface area contributed by atoms with E-state index in [-0.39, 0.29) is 6.09 Å². The van der Waals surface area contributed by atoms with Gasteiger partial charge in [0, 0.05) is 29.8 Å². The fourth-order valence-corrected chi connectivity index (χ4v) is 3.01. The van der Waals surface area contributed by atoms with Crippen molar-refractivity contribution in [3.63, 3.8) is 0 Å². The lowest BCUT2D eigenvalue weighted by atomic mass is 9.97. The van der Waals surface area contributed by atoms with Crippen LogP contribution in [0.2, 0.25) is 5.02 Å². The zero-order valence-corrected chi connectivity index (χ0v) is 16.2. The largest absolute Gasteiger partial charge is 0.444 e. The van der Waals surface area contributed by atoms with Crippen molar-refractivity contribution in [1.29, 1.82) is 0 Å². The number of likely N-dealkylation sites (tertiary alicyclic amines) is 1. The number of rotatable bonds is 3. The Bertz CT molecular complexity index is 552. The van der Waals surface area contributed by atoms with Crippen LogP contribution in [0.4, 0.5) is 10.5 Å². The van der Waals surface area contributed by atoms with E-state index in [4.69, 9.17) is 16.3 Å². The summed E-state index contributed by atoms with van der Waals surface area (Å²) in [4.78, 5) is 13.8. The van der Waals surface area contributed by atoms with Gasteiger partial charge in [0.1, 0.15) is 5.60 Å². The van der Waals surface area contributed by atoms with Crippen molar-refractivity contribution in [3.8, 4) is 0 Å². The third kappa shape index (κ3) is 5.88. The van der Waals surface area contributed by atoms with Crippen LogP contribution in [-0.4, -0.2) is 36.2 Å². The molecule has 128 valence electrons. The first kappa shape index (κ1) is 18.4. The molecule has 0 saturated carbocycles. The van der Waals surface area contributed by atoms with Gasteiger partial charge < -0.3 is 15.0 Å². The molecule has 1 saturated heterocycles. The van der Waals surface area contributed by atoms with Gasteiger partial charge in [0.25, 0.3) is 0 Å². The third-order valence-corrected chi connectivity index (χ3v) is 4.99. The van der Waals surface area contributed by atoms with E-state index in [0.29, 0.717) is 10.9 Å². The molecule has 0 atom stereocenters. The number of hydrogen-bond donors (Lipinski definition) is 1. The Morgan fingerprint density at radius 1 is 1.39 bits per heavy atom. The molecule has 0 aliphatic carbocycles. The first-order valence-electron chi connectivity index (χ1n) is 7.91. The fraction of sp³-hybridized carbons (Fsp3) is 0.588. The predicted octanol–water partition coefficient (Wildman–Crippen LogP) is 5.16. The maximum absolute atomic E-state index is 12.0. The highest BCUT2D eigenvalue weighted by atomic mass is 79.9. The number of piperidine rings is 1. The highest BCUT2D eigenvalue weighted by Crippen LogP contribution is 2.26. The normalized spacial score (nSPS) is 16.3. The fourth-order valence-electron chi connectivity index (χ4n) is 2.51. The molecule has 0 bridgehead atoms. The van der Waals surface area contributed by atoms with Gasteiger partial charge in [-0.15, -0.1) is 0 Å². The van der Waals surface area contributed by atoms with Crippen LogP contribution in [0.5, 0.6) is 0 Å². The molecule has 23 heavy (non-hydrogen) atoms. The molecule has 1 aliphatic rings. The number of halogens is 2. The van der Waals surface area contributed by atoms with Crippen LogP contribution in [0.25, 0.3) is 0 Å². The number of ether oxygens (including phenoxy) is 1. The molecule has 1 N–H and O–H groups in total. The van der Waals surface area contributed by atoms with Crippen LogP contribution in [0.1, 0.15) is 33.6 Å². The first-order chi connectivity index (χ1) is 10.7. The molecule has 4 nitrogen and oxygen atoms in total. The maximum atomic E-state index is 12.0. The quantitative estimate of drug-likeness (QED) is 0.757. The minimum atomic E-state index is -0.433. The molecule has 1 aliphatic heterocycles. The average molecular weight is 404 g/mol. The van der Waals surface area contributed by atoms with E-state index in [2.05, 4.69) is 21.2 Å². The SMILES string of the molecule is CC(C)(C)OC(=O)N1CCC(CNc2ccc(Cl)c(Br)c2)CC1. The number of carbonyl (C=O) groups excluding carboxylic acids is 1. The van der Waals surface area contributed by atoms with Gasteiger partial charge in [0.05, 0.1) is 5.02 Å². The molecule has 6 heteroatoms. The smallest absolute Gasteiger partial charge is 0.410 e. The Labute approximate surface area is 151 Å². The Morgan fingerprint density at radius 2 is 2.04 bits per heavy atom. The highest BCUT2D eigenvalue weighted by molar-refractivity contribution is 9.10. The number of nitrogens with one attached hydrogen (secondary N) is 1. The van der Waals surface area contributed by atoms with E-state index in [1.807, 2.05) is 39.0 Å². The molecule has 0 unspecified atom stereocenters. The van der Waals surface area contributed by atoms with Crippen LogP contribution in [-0.2, 0) is 4.74 Å².